The topological polar surface area (TPSA) is 49.4 Å². The Morgan fingerprint density at radius 3 is 2.70 bits per heavy atom. The molecule has 5 heteroatoms. The van der Waals surface area contributed by atoms with Crippen LogP contribution < -0.4 is 10.2 Å². The second-order valence-corrected chi connectivity index (χ2v) is 6.57. The highest BCUT2D eigenvalue weighted by Crippen LogP contribution is 2.29. The second-order valence-electron chi connectivity index (χ2n) is 6.57. The van der Waals surface area contributed by atoms with Gasteiger partial charge in [0.1, 0.15) is 5.82 Å². The molecule has 1 heterocycles. The minimum Gasteiger partial charge on any atom is -0.326 e. The van der Waals surface area contributed by atoms with Crippen molar-refractivity contribution in [2.75, 3.05) is 16.8 Å². The van der Waals surface area contributed by atoms with Crippen molar-refractivity contribution >= 4 is 23.2 Å². The second kappa shape index (κ2) is 7.11. The fourth-order valence-corrected chi connectivity index (χ4v) is 3.57. The zero-order chi connectivity index (χ0) is 16.2. The minimum atomic E-state index is -0.425. The van der Waals surface area contributed by atoms with E-state index in [9.17, 15) is 14.0 Å². The molecule has 1 aliphatic heterocycles. The third kappa shape index (κ3) is 3.89. The number of nitrogens with zero attached hydrogens (tertiary/aromatic N) is 1. The van der Waals surface area contributed by atoms with E-state index >= 15 is 0 Å². The molecule has 1 aromatic carbocycles. The summed E-state index contributed by atoms with van der Waals surface area (Å²) in [5.41, 5.74) is 0.824. The molecule has 3 rings (SSSR count). The van der Waals surface area contributed by atoms with Gasteiger partial charge in [-0.05, 0) is 43.4 Å². The number of amides is 2. The molecule has 4 nitrogen and oxygen atoms in total. The van der Waals surface area contributed by atoms with Crippen molar-refractivity contribution in [3.05, 3.63) is 24.0 Å². The number of benzene rings is 1. The lowest BCUT2D eigenvalue weighted by Gasteiger charge is -2.21. The Balaban J connectivity index is 1.65. The van der Waals surface area contributed by atoms with Crippen molar-refractivity contribution in [2.24, 2.45) is 5.92 Å². The van der Waals surface area contributed by atoms with Crippen LogP contribution in [0, 0.1) is 11.7 Å². The molecule has 1 aromatic rings. The number of nitrogens with one attached hydrogen (secondary N) is 1. The molecule has 1 saturated heterocycles. The highest BCUT2D eigenvalue weighted by Gasteiger charge is 2.24. The van der Waals surface area contributed by atoms with Gasteiger partial charge >= 0.3 is 0 Å². The molecule has 2 fully saturated rings. The van der Waals surface area contributed by atoms with Crippen molar-refractivity contribution in [3.63, 3.8) is 0 Å². The van der Waals surface area contributed by atoms with Gasteiger partial charge in [-0.1, -0.05) is 19.3 Å². The lowest BCUT2D eigenvalue weighted by atomic mass is 9.87. The Bertz CT molecular complexity index is 597. The monoisotopic (exact) mass is 318 g/mol. The molecule has 1 aliphatic carbocycles. The molecule has 1 N–H and O–H groups in total. The van der Waals surface area contributed by atoms with Crippen LogP contribution in [0.2, 0.25) is 0 Å². The summed E-state index contributed by atoms with van der Waals surface area (Å²) in [6, 6.07) is 4.44. The number of hydrogen-bond acceptors (Lipinski definition) is 2. The van der Waals surface area contributed by atoms with Gasteiger partial charge in [-0.25, -0.2) is 4.39 Å². The van der Waals surface area contributed by atoms with Crippen molar-refractivity contribution in [1.29, 1.82) is 0 Å². The van der Waals surface area contributed by atoms with E-state index in [0.29, 0.717) is 31.0 Å². The van der Waals surface area contributed by atoms with Gasteiger partial charge in [-0.2, -0.15) is 0 Å². The summed E-state index contributed by atoms with van der Waals surface area (Å²) in [5, 5.41) is 2.85. The van der Waals surface area contributed by atoms with E-state index in [0.717, 1.165) is 19.3 Å². The molecule has 0 radical (unpaired) electrons. The van der Waals surface area contributed by atoms with Crippen LogP contribution in [0.4, 0.5) is 15.8 Å². The molecule has 124 valence electrons. The summed E-state index contributed by atoms with van der Waals surface area (Å²) in [6.07, 6.45) is 7.63. The fraction of sp³-hybridized carbons (Fsp3) is 0.556. The van der Waals surface area contributed by atoms with Crippen molar-refractivity contribution < 1.29 is 14.0 Å². The van der Waals surface area contributed by atoms with E-state index < -0.39 is 5.82 Å². The first kappa shape index (κ1) is 16.0. The van der Waals surface area contributed by atoms with Crippen LogP contribution in [0.3, 0.4) is 0 Å². The normalized spacial score (nSPS) is 19.2. The maximum Gasteiger partial charge on any atom is 0.227 e. The summed E-state index contributed by atoms with van der Waals surface area (Å²) in [4.78, 5) is 25.4. The van der Waals surface area contributed by atoms with Gasteiger partial charge in [-0.15, -0.1) is 0 Å². The molecule has 0 aromatic heterocycles. The maximum atomic E-state index is 14.0. The first-order valence-corrected chi connectivity index (χ1v) is 8.53. The zero-order valence-corrected chi connectivity index (χ0v) is 13.3. The smallest absolute Gasteiger partial charge is 0.227 e. The standard InChI is InChI=1S/C18H23FN2O2/c19-15-9-8-14(12-16(15)21-10-4-7-18(21)23)20-17(22)11-13-5-2-1-3-6-13/h8-9,12-13H,1-7,10-11H2,(H,20,22). The number of hydrogen-bond donors (Lipinski definition) is 1. The summed E-state index contributed by atoms with van der Waals surface area (Å²) in [7, 11) is 0. The maximum absolute atomic E-state index is 14.0. The number of carbonyl (C=O) groups is 2. The van der Waals surface area contributed by atoms with E-state index in [-0.39, 0.29) is 17.5 Å². The van der Waals surface area contributed by atoms with Gasteiger partial charge < -0.3 is 10.2 Å². The van der Waals surface area contributed by atoms with Crippen LogP contribution in [-0.4, -0.2) is 18.4 Å². The molecule has 0 bridgehead atoms. The van der Waals surface area contributed by atoms with Gasteiger partial charge in [-0.3, -0.25) is 9.59 Å². The van der Waals surface area contributed by atoms with Gasteiger partial charge in [0, 0.05) is 25.1 Å². The average molecular weight is 318 g/mol. The third-order valence-corrected chi connectivity index (χ3v) is 4.79. The molecular formula is C18H23FN2O2. The van der Waals surface area contributed by atoms with E-state index in [2.05, 4.69) is 5.32 Å². The lowest BCUT2D eigenvalue weighted by molar-refractivity contribution is -0.118. The van der Waals surface area contributed by atoms with Crippen LogP contribution in [0.1, 0.15) is 51.4 Å². The van der Waals surface area contributed by atoms with E-state index in [1.807, 2.05) is 0 Å². The Labute approximate surface area is 136 Å². The molecule has 2 aliphatic rings. The van der Waals surface area contributed by atoms with Gasteiger partial charge in [0.15, 0.2) is 0 Å². The van der Waals surface area contributed by atoms with Crippen molar-refractivity contribution in [3.8, 4) is 0 Å². The fourth-order valence-electron chi connectivity index (χ4n) is 3.57. The summed E-state index contributed by atoms with van der Waals surface area (Å²) < 4.78 is 14.0. The van der Waals surface area contributed by atoms with Gasteiger partial charge in [0.2, 0.25) is 11.8 Å². The molecule has 1 saturated carbocycles. The SMILES string of the molecule is O=C(CC1CCCCC1)Nc1ccc(F)c(N2CCCC2=O)c1. The van der Waals surface area contributed by atoms with Crippen LogP contribution >= 0.6 is 0 Å². The third-order valence-electron chi connectivity index (χ3n) is 4.79. The predicted molar refractivity (Wildman–Crippen MR) is 87.8 cm³/mol. The van der Waals surface area contributed by atoms with Gasteiger partial charge in [0.25, 0.3) is 0 Å². The van der Waals surface area contributed by atoms with Crippen LogP contribution in [0.15, 0.2) is 18.2 Å². The summed E-state index contributed by atoms with van der Waals surface area (Å²) in [6.45, 7) is 0.537. The highest BCUT2D eigenvalue weighted by atomic mass is 19.1. The highest BCUT2D eigenvalue weighted by molar-refractivity contribution is 5.97. The largest absolute Gasteiger partial charge is 0.326 e. The summed E-state index contributed by atoms with van der Waals surface area (Å²) in [5.74, 6) is -0.0499. The Morgan fingerprint density at radius 2 is 2.00 bits per heavy atom. The molecule has 0 atom stereocenters. The lowest BCUT2D eigenvalue weighted by Crippen LogP contribution is -2.25. The first-order valence-electron chi connectivity index (χ1n) is 8.53. The molecule has 0 unspecified atom stereocenters. The molecular weight excluding hydrogens is 295 g/mol. The predicted octanol–water partition coefficient (Wildman–Crippen LogP) is 3.86. The van der Waals surface area contributed by atoms with Crippen LogP contribution in [-0.2, 0) is 9.59 Å². The Morgan fingerprint density at radius 1 is 1.22 bits per heavy atom. The first-order chi connectivity index (χ1) is 11.1. The van der Waals surface area contributed by atoms with E-state index in [1.54, 1.807) is 12.1 Å². The number of rotatable bonds is 4. The van der Waals surface area contributed by atoms with E-state index in [4.69, 9.17) is 0 Å². The van der Waals surface area contributed by atoms with Crippen LogP contribution in [0.25, 0.3) is 0 Å². The van der Waals surface area contributed by atoms with Crippen LogP contribution in [0.5, 0.6) is 0 Å². The molecule has 23 heavy (non-hydrogen) atoms. The average Bonchev–Trinajstić information content (AvgIpc) is 2.96. The Kier molecular flexibility index (Phi) is 4.94. The zero-order valence-electron chi connectivity index (χ0n) is 13.3. The minimum absolute atomic E-state index is 0.0257. The molecule has 0 spiro atoms. The number of carbonyl (C=O) groups excluding carboxylic acids is 2. The van der Waals surface area contributed by atoms with Crippen molar-refractivity contribution in [1.82, 2.24) is 0 Å². The number of anilines is 2. The summed E-state index contributed by atoms with van der Waals surface area (Å²) >= 11 is 0. The quantitative estimate of drug-likeness (QED) is 0.916. The molecule has 2 amide bonds. The van der Waals surface area contributed by atoms with E-state index in [1.165, 1.54) is 30.2 Å². The van der Waals surface area contributed by atoms with Crippen molar-refractivity contribution in [2.45, 2.75) is 51.4 Å². The Hall–Kier alpha value is -1.91. The van der Waals surface area contributed by atoms with Gasteiger partial charge in [0.05, 0.1) is 5.69 Å². The number of halogens is 1.